The fourth-order valence-corrected chi connectivity index (χ4v) is 1.84. The van der Waals surface area contributed by atoms with Gasteiger partial charge in [0.25, 0.3) is 5.91 Å². The molecule has 0 spiro atoms. The monoisotopic (exact) mass is 316 g/mol. The minimum Gasteiger partial charge on any atom is -0.321 e. The number of halogens is 3. The van der Waals surface area contributed by atoms with Gasteiger partial charge in [-0.2, -0.15) is 18.4 Å². The zero-order valence-electron chi connectivity index (χ0n) is 11.8. The normalized spacial score (nSPS) is 11.7. The van der Waals surface area contributed by atoms with E-state index in [0.29, 0.717) is 5.69 Å². The van der Waals surface area contributed by atoms with Gasteiger partial charge in [-0.15, -0.1) is 0 Å². The van der Waals surface area contributed by atoms with E-state index in [1.807, 2.05) is 0 Å². The molecule has 0 saturated heterocycles. The number of nitrogens with zero attached hydrogens (tertiary/aromatic N) is 1. The molecule has 0 radical (unpaired) electrons. The van der Waals surface area contributed by atoms with Crippen LogP contribution >= 0.6 is 0 Å². The van der Waals surface area contributed by atoms with Crippen molar-refractivity contribution in [1.82, 2.24) is 0 Å². The van der Waals surface area contributed by atoms with Crippen molar-refractivity contribution in [2.24, 2.45) is 0 Å². The van der Waals surface area contributed by atoms with Crippen molar-refractivity contribution in [1.29, 1.82) is 5.26 Å². The molecule has 0 saturated carbocycles. The lowest BCUT2D eigenvalue weighted by molar-refractivity contribution is -0.137. The third kappa shape index (κ3) is 4.45. The summed E-state index contributed by atoms with van der Waals surface area (Å²) in [5.74, 6) is -0.684. The molecule has 1 amide bonds. The highest BCUT2D eigenvalue weighted by atomic mass is 19.4. The number of carbonyl (C=O) groups is 1. The second kappa shape index (κ2) is 6.79. The Morgan fingerprint density at radius 1 is 1.09 bits per heavy atom. The van der Waals surface area contributed by atoms with Gasteiger partial charge in [-0.1, -0.05) is 30.3 Å². The number of hydrogen-bond donors (Lipinski definition) is 1. The predicted octanol–water partition coefficient (Wildman–Crippen LogP) is 4.25. The first kappa shape index (κ1) is 16.3. The van der Waals surface area contributed by atoms with Crippen molar-refractivity contribution < 1.29 is 18.0 Å². The maximum atomic E-state index is 12.7. The van der Waals surface area contributed by atoms with Crippen molar-refractivity contribution in [3.8, 4) is 6.07 Å². The average molecular weight is 316 g/mol. The molecule has 1 N–H and O–H groups in total. The Labute approximate surface area is 130 Å². The lowest BCUT2D eigenvalue weighted by atomic mass is 10.1. The lowest BCUT2D eigenvalue weighted by Crippen LogP contribution is -2.13. The second-order valence-electron chi connectivity index (χ2n) is 4.61. The van der Waals surface area contributed by atoms with Gasteiger partial charge in [0.2, 0.25) is 0 Å². The third-order valence-corrected chi connectivity index (χ3v) is 2.92. The molecule has 6 heteroatoms. The predicted molar refractivity (Wildman–Crippen MR) is 80.1 cm³/mol. The second-order valence-corrected chi connectivity index (χ2v) is 4.61. The van der Waals surface area contributed by atoms with E-state index < -0.39 is 17.6 Å². The fraction of sp³-hybridized carbons (Fsp3) is 0.0588. The van der Waals surface area contributed by atoms with E-state index >= 15 is 0 Å². The number of hydrogen-bond acceptors (Lipinski definition) is 2. The van der Waals surface area contributed by atoms with Crippen LogP contribution in [0.3, 0.4) is 0 Å². The first-order chi connectivity index (χ1) is 10.9. The van der Waals surface area contributed by atoms with E-state index in [2.05, 4.69) is 5.32 Å². The Morgan fingerprint density at radius 2 is 1.78 bits per heavy atom. The van der Waals surface area contributed by atoms with Crippen LogP contribution in [0.1, 0.15) is 11.1 Å². The summed E-state index contributed by atoms with van der Waals surface area (Å²) in [6.45, 7) is 0. The largest absolute Gasteiger partial charge is 0.416 e. The van der Waals surface area contributed by atoms with E-state index in [0.717, 1.165) is 18.2 Å². The first-order valence-corrected chi connectivity index (χ1v) is 6.55. The van der Waals surface area contributed by atoms with Gasteiger partial charge in [0.1, 0.15) is 11.6 Å². The molecule has 2 aromatic rings. The molecule has 0 unspecified atom stereocenters. The highest BCUT2D eigenvalue weighted by Crippen LogP contribution is 2.30. The molecular weight excluding hydrogens is 305 g/mol. The Bertz CT molecular complexity index is 774. The molecule has 3 nitrogen and oxygen atoms in total. The number of para-hydroxylation sites is 1. The Balaban J connectivity index is 2.25. The third-order valence-electron chi connectivity index (χ3n) is 2.92. The number of alkyl halides is 3. The van der Waals surface area contributed by atoms with Gasteiger partial charge in [0.05, 0.1) is 5.56 Å². The number of nitriles is 1. The Kier molecular flexibility index (Phi) is 4.82. The van der Waals surface area contributed by atoms with Crippen LogP contribution in [-0.2, 0) is 11.0 Å². The van der Waals surface area contributed by atoms with Crippen LogP contribution in [0, 0.1) is 11.3 Å². The van der Waals surface area contributed by atoms with E-state index in [9.17, 15) is 18.0 Å². The number of rotatable bonds is 3. The van der Waals surface area contributed by atoms with Crippen molar-refractivity contribution >= 4 is 17.7 Å². The van der Waals surface area contributed by atoms with Crippen molar-refractivity contribution in [2.45, 2.75) is 6.18 Å². The highest BCUT2D eigenvalue weighted by Gasteiger charge is 2.30. The van der Waals surface area contributed by atoms with Crippen molar-refractivity contribution in [2.75, 3.05) is 5.32 Å². The molecular formula is C17H11F3N2O. The zero-order valence-corrected chi connectivity index (χ0v) is 11.8. The van der Waals surface area contributed by atoms with Gasteiger partial charge < -0.3 is 5.32 Å². The Hall–Kier alpha value is -3.07. The summed E-state index contributed by atoms with van der Waals surface area (Å²) in [6.07, 6.45) is -3.36. The molecule has 0 bridgehead atoms. The van der Waals surface area contributed by atoms with Gasteiger partial charge in [0, 0.05) is 5.69 Å². The van der Waals surface area contributed by atoms with Gasteiger partial charge >= 0.3 is 6.18 Å². The maximum Gasteiger partial charge on any atom is 0.416 e. The number of benzene rings is 2. The quantitative estimate of drug-likeness (QED) is 0.680. The van der Waals surface area contributed by atoms with Crippen molar-refractivity contribution in [3.63, 3.8) is 0 Å². The minimum atomic E-state index is -4.48. The number of carbonyl (C=O) groups excluding carboxylic acids is 1. The number of nitrogens with one attached hydrogen (secondary N) is 1. The highest BCUT2D eigenvalue weighted by molar-refractivity contribution is 6.09. The van der Waals surface area contributed by atoms with E-state index in [4.69, 9.17) is 5.26 Å². The van der Waals surface area contributed by atoms with Crippen LogP contribution in [0.4, 0.5) is 18.9 Å². The van der Waals surface area contributed by atoms with Crippen LogP contribution in [0.15, 0.2) is 60.2 Å². The fourth-order valence-electron chi connectivity index (χ4n) is 1.84. The zero-order chi connectivity index (χ0) is 16.9. The molecule has 0 atom stereocenters. The molecule has 0 fully saturated rings. The summed E-state index contributed by atoms with van der Waals surface area (Å²) in [7, 11) is 0. The van der Waals surface area contributed by atoms with Crippen LogP contribution in [0.25, 0.3) is 6.08 Å². The summed E-state index contributed by atoms with van der Waals surface area (Å²) in [5.41, 5.74) is -0.512. The smallest absolute Gasteiger partial charge is 0.321 e. The minimum absolute atomic E-state index is 0.125. The van der Waals surface area contributed by atoms with E-state index in [1.54, 1.807) is 36.4 Å². The molecule has 0 aliphatic rings. The summed E-state index contributed by atoms with van der Waals surface area (Å²) < 4.78 is 38.0. The topological polar surface area (TPSA) is 52.9 Å². The van der Waals surface area contributed by atoms with Crippen LogP contribution in [-0.4, -0.2) is 5.91 Å². The number of anilines is 1. The summed E-state index contributed by atoms with van der Waals surface area (Å²) in [5, 5.41) is 11.6. The molecule has 0 heterocycles. The van der Waals surface area contributed by atoms with E-state index in [-0.39, 0.29) is 11.1 Å². The van der Waals surface area contributed by atoms with Crippen LogP contribution < -0.4 is 5.32 Å². The Morgan fingerprint density at radius 3 is 2.39 bits per heavy atom. The SMILES string of the molecule is N#C/C(=C/c1cccc(C(F)(F)F)c1)C(=O)Nc1ccccc1. The van der Waals surface area contributed by atoms with Gasteiger partial charge in [-0.25, -0.2) is 0 Å². The van der Waals surface area contributed by atoms with Gasteiger partial charge in [-0.3, -0.25) is 4.79 Å². The summed E-state index contributed by atoms with van der Waals surface area (Å²) in [6, 6.07) is 14.6. The van der Waals surface area contributed by atoms with Crippen LogP contribution in [0.2, 0.25) is 0 Å². The summed E-state index contributed by atoms with van der Waals surface area (Å²) >= 11 is 0. The lowest BCUT2D eigenvalue weighted by Gasteiger charge is -2.07. The van der Waals surface area contributed by atoms with E-state index in [1.165, 1.54) is 12.1 Å². The molecule has 0 aromatic heterocycles. The number of amides is 1. The first-order valence-electron chi connectivity index (χ1n) is 6.55. The van der Waals surface area contributed by atoms with Crippen LogP contribution in [0.5, 0.6) is 0 Å². The molecule has 0 aliphatic heterocycles. The van der Waals surface area contributed by atoms with Gasteiger partial charge in [0.15, 0.2) is 0 Å². The van der Waals surface area contributed by atoms with Crippen molar-refractivity contribution in [3.05, 3.63) is 71.3 Å². The molecule has 0 aliphatic carbocycles. The van der Waals surface area contributed by atoms with Gasteiger partial charge in [-0.05, 0) is 35.9 Å². The average Bonchev–Trinajstić information content (AvgIpc) is 2.53. The standard InChI is InChI=1S/C17H11F3N2O/c18-17(19,20)14-6-4-5-12(10-14)9-13(11-21)16(23)22-15-7-2-1-3-8-15/h1-10H,(H,22,23)/b13-9-. The summed E-state index contributed by atoms with van der Waals surface area (Å²) in [4.78, 5) is 12.0. The molecule has 2 rings (SSSR count). The molecule has 116 valence electrons. The molecule has 2 aromatic carbocycles. The maximum absolute atomic E-state index is 12.7. The molecule has 23 heavy (non-hydrogen) atoms.